The fraction of sp³-hybridized carbons (Fsp3) is 0.333. The largest absolute Gasteiger partial charge is 0.303 e. The van der Waals surface area contributed by atoms with Gasteiger partial charge in [0.05, 0.1) is 11.3 Å². The van der Waals surface area contributed by atoms with Crippen molar-refractivity contribution in [3.8, 4) is 0 Å². The lowest BCUT2D eigenvalue weighted by Gasteiger charge is -2.09. The maximum Gasteiger partial charge on any atom is 0.0935 e. The van der Waals surface area contributed by atoms with Gasteiger partial charge in [0.15, 0.2) is 0 Å². The Balaban J connectivity index is 3.98. The van der Waals surface area contributed by atoms with Crippen molar-refractivity contribution in [3.63, 3.8) is 0 Å². The van der Waals surface area contributed by atoms with Crippen molar-refractivity contribution in [2.24, 2.45) is 4.99 Å². The summed E-state index contributed by atoms with van der Waals surface area (Å²) >= 11 is 4.84. The van der Waals surface area contributed by atoms with E-state index in [1.165, 1.54) is 0 Å². The molecule has 0 atom stereocenters. The molecular weight excluding hydrogens is 132 g/mol. The van der Waals surface area contributed by atoms with E-state index in [1.807, 2.05) is 6.92 Å². The quantitative estimate of drug-likeness (QED) is 0.329. The zero-order chi connectivity index (χ0) is 7.28. The first kappa shape index (κ1) is 8.30. The third kappa shape index (κ3) is 2.98. The molecule has 0 spiro atoms. The smallest absolute Gasteiger partial charge is 0.0935 e. The van der Waals surface area contributed by atoms with Crippen LogP contribution >= 0.6 is 12.2 Å². The average Bonchev–Trinajstić information content (AvgIpc) is 1.82. The van der Waals surface area contributed by atoms with Crippen molar-refractivity contribution in [2.45, 2.75) is 6.92 Å². The van der Waals surface area contributed by atoms with E-state index in [9.17, 15) is 0 Å². The lowest BCUT2D eigenvalue weighted by Crippen LogP contribution is -2.18. The van der Waals surface area contributed by atoms with E-state index >= 15 is 0 Å². The summed E-state index contributed by atoms with van der Waals surface area (Å²) in [5, 5.41) is 0. The molecule has 3 heteroatoms. The lowest BCUT2D eigenvalue weighted by molar-refractivity contribution is 0.869. The van der Waals surface area contributed by atoms with Crippen molar-refractivity contribution >= 4 is 23.5 Å². The summed E-state index contributed by atoms with van der Waals surface area (Å²) in [6.07, 6.45) is 3.24. The van der Waals surface area contributed by atoms with Gasteiger partial charge in [-0.05, 0) is 6.92 Å². The highest BCUT2D eigenvalue weighted by Gasteiger charge is 1.91. The third-order valence-electron chi connectivity index (χ3n) is 0.800. The van der Waals surface area contributed by atoms with Crippen LogP contribution in [-0.2, 0) is 0 Å². The highest BCUT2D eigenvalue weighted by molar-refractivity contribution is 7.80. The number of hydrogen-bond acceptors (Lipinski definition) is 2. The molecule has 2 nitrogen and oxygen atoms in total. The SMILES string of the molecule is C=CN(C=NC)C(C)=S. The van der Waals surface area contributed by atoms with Gasteiger partial charge in [-0.25, -0.2) is 0 Å². The fourth-order valence-electron chi connectivity index (χ4n) is 0.381. The van der Waals surface area contributed by atoms with Gasteiger partial charge in [0.2, 0.25) is 0 Å². The highest BCUT2D eigenvalue weighted by atomic mass is 32.1. The van der Waals surface area contributed by atoms with E-state index in [1.54, 1.807) is 24.5 Å². The van der Waals surface area contributed by atoms with E-state index in [0.717, 1.165) is 4.99 Å². The Bertz CT molecular complexity index is 140. The zero-order valence-corrected chi connectivity index (χ0v) is 6.48. The lowest BCUT2D eigenvalue weighted by atomic mass is 10.6. The molecule has 0 amide bonds. The van der Waals surface area contributed by atoms with Gasteiger partial charge in [-0.15, -0.1) is 0 Å². The predicted octanol–water partition coefficient (Wildman–Crippen LogP) is 1.44. The number of thiocarbonyl (C=S) groups is 1. The summed E-state index contributed by atoms with van der Waals surface area (Å²) in [5.74, 6) is 0. The molecular formula is C6H10N2S. The first-order valence-corrected chi connectivity index (χ1v) is 2.97. The van der Waals surface area contributed by atoms with Gasteiger partial charge in [-0.2, -0.15) is 0 Å². The Kier molecular flexibility index (Phi) is 3.88. The van der Waals surface area contributed by atoms with Gasteiger partial charge in [0.1, 0.15) is 0 Å². The van der Waals surface area contributed by atoms with Gasteiger partial charge < -0.3 is 4.90 Å². The van der Waals surface area contributed by atoms with Crippen LogP contribution in [0.25, 0.3) is 0 Å². The summed E-state index contributed by atoms with van der Waals surface area (Å²) in [7, 11) is 1.69. The molecule has 0 saturated carbocycles. The molecule has 50 valence electrons. The Hall–Kier alpha value is -0.700. The second-order valence-electron chi connectivity index (χ2n) is 1.48. The molecule has 0 N–H and O–H groups in total. The molecule has 0 aromatic rings. The summed E-state index contributed by atoms with van der Waals surface area (Å²) < 4.78 is 0. The normalized spacial score (nSPS) is 9.56. The second kappa shape index (κ2) is 4.21. The number of aliphatic imine (C=N–C) groups is 1. The molecule has 9 heavy (non-hydrogen) atoms. The monoisotopic (exact) mass is 142 g/mol. The Labute approximate surface area is 60.9 Å². The van der Waals surface area contributed by atoms with Gasteiger partial charge in [0, 0.05) is 13.2 Å². The van der Waals surface area contributed by atoms with Crippen LogP contribution in [0.2, 0.25) is 0 Å². The molecule has 0 heterocycles. The van der Waals surface area contributed by atoms with Gasteiger partial charge >= 0.3 is 0 Å². The standard InChI is InChI=1S/C6H10N2S/c1-4-8(5-7-3)6(2)9/h4-5H,1H2,2-3H3. The zero-order valence-electron chi connectivity index (χ0n) is 5.66. The van der Waals surface area contributed by atoms with Crippen LogP contribution in [0.15, 0.2) is 17.8 Å². The third-order valence-corrected chi connectivity index (χ3v) is 1.01. The molecule has 0 saturated heterocycles. The van der Waals surface area contributed by atoms with Crippen molar-refractivity contribution in [3.05, 3.63) is 12.8 Å². The van der Waals surface area contributed by atoms with Crippen molar-refractivity contribution in [2.75, 3.05) is 7.05 Å². The van der Waals surface area contributed by atoms with Crippen molar-refractivity contribution in [1.29, 1.82) is 0 Å². The summed E-state index contributed by atoms with van der Waals surface area (Å²) in [5.41, 5.74) is 0. The molecule has 0 aromatic heterocycles. The first-order chi connectivity index (χ1) is 4.22. The summed E-state index contributed by atoms with van der Waals surface area (Å²) in [6.45, 7) is 5.37. The Morgan fingerprint density at radius 3 is 2.44 bits per heavy atom. The Morgan fingerprint density at radius 1 is 1.78 bits per heavy atom. The van der Waals surface area contributed by atoms with Crippen LogP contribution in [0.4, 0.5) is 0 Å². The van der Waals surface area contributed by atoms with Crippen molar-refractivity contribution < 1.29 is 0 Å². The molecule has 0 aliphatic rings. The van der Waals surface area contributed by atoms with Gasteiger partial charge in [0.25, 0.3) is 0 Å². The molecule has 0 unspecified atom stereocenters. The molecule has 0 rings (SSSR count). The summed E-state index contributed by atoms with van der Waals surface area (Å²) in [6, 6.07) is 0. The molecule has 0 aliphatic heterocycles. The molecule has 0 radical (unpaired) electrons. The molecule has 0 aliphatic carbocycles. The molecule has 0 bridgehead atoms. The van der Waals surface area contributed by atoms with Crippen molar-refractivity contribution in [1.82, 2.24) is 4.90 Å². The first-order valence-electron chi connectivity index (χ1n) is 2.56. The fourth-order valence-corrected chi connectivity index (χ4v) is 0.503. The van der Waals surface area contributed by atoms with E-state index < -0.39 is 0 Å². The molecule has 0 aromatic carbocycles. The van der Waals surface area contributed by atoms with Crippen LogP contribution in [0.1, 0.15) is 6.92 Å². The predicted molar refractivity (Wildman–Crippen MR) is 44.7 cm³/mol. The minimum absolute atomic E-state index is 0.746. The number of hydrogen-bond donors (Lipinski definition) is 0. The highest BCUT2D eigenvalue weighted by Crippen LogP contribution is 1.86. The topological polar surface area (TPSA) is 15.6 Å². The van der Waals surface area contributed by atoms with Crippen LogP contribution in [-0.4, -0.2) is 23.3 Å². The van der Waals surface area contributed by atoms with E-state index in [4.69, 9.17) is 12.2 Å². The summed E-state index contributed by atoms with van der Waals surface area (Å²) in [4.78, 5) is 6.19. The van der Waals surface area contributed by atoms with E-state index in [0.29, 0.717) is 0 Å². The van der Waals surface area contributed by atoms with Crippen LogP contribution < -0.4 is 0 Å². The maximum atomic E-state index is 4.84. The van der Waals surface area contributed by atoms with Crippen LogP contribution in [0.5, 0.6) is 0 Å². The minimum Gasteiger partial charge on any atom is -0.303 e. The second-order valence-corrected chi connectivity index (χ2v) is 2.07. The average molecular weight is 142 g/mol. The molecule has 0 fully saturated rings. The maximum absolute atomic E-state index is 4.84. The minimum atomic E-state index is 0.746. The van der Waals surface area contributed by atoms with Gasteiger partial charge in [-0.1, -0.05) is 18.8 Å². The number of rotatable bonds is 2. The Morgan fingerprint density at radius 2 is 2.33 bits per heavy atom. The van der Waals surface area contributed by atoms with Crippen LogP contribution in [0, 0.1) is 0 Å². The van der Waals surface area contributed by atoms with Gasteiger partial charge in [-0.3, -0.25) is 4.99 Å². The van der Waals surface area contributed by atoms with E-state index in [2.05, 4.69) is 11.6 Å². The van der Waals surface area contributed by atoms with Crippen LogP contribution in [0.3, 0.4) is 0 Å². The number of nitrogens with zero attached hydrogens (tertiary/aromatic N) is 2. The van der Waals surface area contributed by atoms with E-state index in [-0.39, 0.29) is 0 Å².